The first-order valence-corrected chi connectivity index (χ1v) is 10.3. The molecule has 5 nitrogen and oxygen atoms in total. The van der Waals surface area contributed by atoms with E-state index in [1.165, 1.54) is 35.2 Å². The van der Waals surface area contributed by atoms with Gasteiger partial charge in [0.2, 0.25) is 5.91 Å². The summed E-state index contributed by atoms with van der Waals surface area (Å²) in [5.74, 6) is -0.985. The van der Waals surface area contributed by atoms with Gasteiger partial charge in [-0.15, -0.1) is 23.1 Å². The number of amides is 2. The van der Waals surface area contributed by atoms with Crippen molar-refractivity contribution in [3.8, 4) is 10.6 Å². The molecule has 2 N–H and O–H groups in total. The minimum Gasteiger partial charge on any atom is -0.272 e. The summed E-state index contributed by atoms with van der Waals surface area (Å²) in [7, 11) is 0. The highest BCUT2D eigenvalue weighted by molar-refractivity contribution is 8.00. The molecule has 0 aliphatic carbocycles. The van der Waals surface area contributed by atoms with E-state index in [0.29, 0.717) is 20.6 Å². The topological polar surface area (TPSA) is 71.1 Å². The maximum absolute atomic E-state index is 13.1. The minimum absolute atomic E-state index is 0.143. The van der Waals surface area contributed by atoms with Crippen LogP contribution in [-0.4, -0.2) is 22.6 Å². The molecule has 0 spiro atoms. The molecule has 0 unspecified atom stereocenters. The van der Waals surface area contributed by atoms with Crippen LogP contribution < -0.4 is 10.9 Å². The third-order valence-electron chi connectivity index (χ3n) is 3.59. The lowest BCUT2D eigenvalue weighted by atomic mass is 10.2. The van der Waals surface area contributed by atoms with Gasteiger partial charge in [-0.25, -0.2) is 9.37 Å². The van der Waals surface area contributed by atoms with E-state index in [1.807, 2.05) is 12.1 Å². The Kier molecular flexibility index (Phi) is 6.66. The maximum Gasteiger partial charge on any atom is 0.281 e. The first-order valence-electron chi connectivity index (χ1n) is 8.13. The van der Waals surface area contributed by atoms with Crippen molar-refractivity contribution >= 4 is 46.5 Å². The number of aryl methyl sites for hydroxylation is 1. The third-order valence-corrected chi connectivity index (χ3v) is 6.06. The van der Waals surface area contributed by atoms with Crippen LogP contribution in [-0.2, 0) is 4.79 Å². The molecule has 144 valence electrons. The molecule has 2 amide bonds. The van der Waals surface area contributed by atoms with E-state index in [2.05, 4.69) is 15.8 Å². The predicted molar refractivity (Wildman–Crippen MR) is 110 cm³/mol. The zero-order valence-electron chi connectivity index (χ0n) is 14.7. The van der Waals surface area contributed by atoms with Gasteiger partial charge in [0.1, 0.15) is 15.7 Å². The van der Waals surface area contributed by atoms with Crippen molar-refractivity contribution in [1.82, 2.24) is 15.8 Å². The number of carbonyl (C=O) groups excluding carboxylic acids is 2. The highest BCUT2D eigenvalue weighted by Gasteiger charge is 2.17. The monoisotopic (exact) mass is 435 g/mol. The summed E-state index contributed by atoms with van der Waals surface area (Å²) in [6.07, 6.45) is 0. The Bertz CT molecular complexity index is 991. The van der Waals surface area contributed by atoms with Crippen LogP contribution >= 0.6 is 34.7 Å². The van der Waals surface area contributed by atoms with Crippen LogP contribution in [0, 0.1) is 12.7 Å². The van der Waals surface area contributed by atoms with E-state index in [0.717, 1.165) is 10.5 Å². The lowest BCUT2D eigenvalue weighted by molar-refractivity contribution is -0.119. The summed E-state index contributed by atoms with van der Waals surface area (Å²) in [5, 5.41) is 1.23. The average molecular weight is 436 g/mol. The van der Waals surface area contributed by atoms with E-state index in [4.69, 9.17) is 11.6 Å². The highest BCUT2D eigenvalue weighted by atomic mass is 35.5. The minimum atomic E-state index is -0.451. The summed E-state index contributed by atoms with van der Waals surface area (Å²) < 4.78 is 13.1. The second-order valence-corrected chi connectivity index (χ2v) is 8.17. The molecule has 0 fully saturated rings. The fourth-order valence-corrected chi connectivity index (χ4v) is 4.01. The first-order chi connectivity index (χ1) is 13.4. The van der Waals surface area contributed by atoms with Gasteiger partial charge in [-0.05, 0) is 55.5 Å². The van der Waals surface area contributed by atoms with Crippen molar-refractivity contribution in [3.63, 3.8) is 0 Å². The van der Waals surface area contributed by atoms with Crippen molar-refractivity contribution in [1.29, 1.82) is 0 Å². The molecule has 2 aromatic carbocycles. The molecule has 28 heavy (non-hydrogen) atoms. The van der Waals surface area contributed by atoms with E-state index in [9.17, 15) is 14.0 Å². The van der Waals surface area contributed by atoms with Gasteiger partial charge in [0.25, 0.3) is 5.91 Å². The standard InChI is InChI=1S/C19H15ClFN3O2S2/c1-11-17(28-19(22-11)12-2-6-14(21)7-3-12)18(26)24-23-16(25)10-27-15-8-4-13(20)5-9-15/h2-9H,10H2,1H3,(H,23,25)(H,24,26). The van der Waals surface area contributed by atoms with Crippen LogP contribution in [0.1, 0.15) is 15.4 Å². The van der Waals surface area contributed by atoms with Crippen LogP contribution in [0.4, 0.5) is 4.39 Å². The normalized spacial score (nSPS) is 10.5. The molecule has 1 aromatic heterocycles. The smallest absolute Gasteiger partial charge is 0.272 e. The summed E-state index contributed by atoms with van der Waals surface area (Å²) in [4.78, 5) is 29.9. The zero-order chi connectivity index (χ0) is 20.1. The van der Waals surface area contributed by atoms with Crippen LogP contribution in [0.15, 0.2) is 53.4 Å². The Morgan fingerprint density at radius 1 is 1.11 bits per heavy atom. The first kappa shape index (κ1) is 20.3. The predicted octanol–water partition coefficient (Wildman–Crippen LogP) is 4.46. The Labute approximate surface area is 174 Å². The molecule has 0 saturated heterocycles. The van der Waals surface area contributed by atoms with Crippen LogP contribution in [0.5, 0.6) is 0 Å². The van der Waals surface area contributed by atoms with Crippen molar-refractivity contribution in [3.05, 3.63) is 69.9 Å². The molecule has 0 saturated carbocycles. The van der Waals surface area contributed by atoms with Gasteiger partial charge >= 0.3 is 0 Å². The van der Waals surface area contributed by atoms with E-state index < -0.39 is 5.91 Å². The van der Waals surface area contributed by atoms with Gasteiger partial charge in [0, 0.05) is 15.5 Å². The van der Waals surface area contributed by atoms with Gasteiger partial charge in [0.05, 0.1) is 11.4 Å². The number of thioether (sulfide) groups is 1. The van der Waals surface area contributed by atoms with Crippen LogP contribution in [0.25, 0.3) is 10.6 Å². The highest BCUT2D eigenvalue weighted by Crippen LogP contribution is 2.28. The quantitative estimate of drug-likeness (QED) is 0.458. The van der Waals surface area contributed by atoms with Gasteiger partial charge in [-0.1, -0.05) is 11.6 Å². The third kappa shape index (κ3) is 5.31. The Morgan fingerprint density at radius 3 is 2.46 bits per heavy atom. The molecule has 0 bridgehead atoms. The van der Waals surface area contributed by atoms with Crippen molar-refractivity contribution in [2.75, 3.05) is 5.75 Å². The number of thiazole rings is 1. The van der Waals surface area contributed by atoms with E-state index in [-0.39, 0.29) is 17.5 Å². The molecule has 1 heterocycles. The zero-order valence-corrected chi connectivity index (χ0v) is 17.1. The summed E-state index contributed by atoms with van der Waals surface area (Å²) >= 11 is 8.32. The number of nitrogens with zero attached hydrogens (tertiary/aromatic N) is 1. The Balaban J connectivity index is 1.55. The van der Waals surface area contributed by atoms with Gasteiger partial charge < -0.3 is 0 Å². The summed E-state index contributed by atoms with van der Waals surface area (Å²) in [6.45, 7) is 1.71. The molecule has 9 heteroatoms. The molecular weight excluding hydrogens is 421 g/mol. The van der Waals surface area contributed by atoms with Crippen LogP contribution in [0.2, 0.25) is 5.02 Å². The number of hydrogen-bond acceptors (Lipinski definition) is 5. The van der Waals surface area contributed by atoms with Crippen LogP contribution in [0.3, 0.4) is 0 Å². The fourth-order valence-electron chi connectivity index (χ4n) is 2.22. The lowest BCUT2D eigenvalue weighted by Gasteiger charge is -2.06. The molecule has 3 rings (SSSR count). The number of hydrazine groups is 1. The molecule has 0 aliphatic rings. The van der Waals surface area contributed by atoms with Crippen molar-refractivity contribution in [2.24, 2.45) is 0 Å². The largest absolute Gasteiger partial charge is 0.281 e. The summed E-state index contributed by atoms with van der Waals surface area (Å²) in [5.41, 5.74) is 6.04. The van der Waals surface area contributed by atoms with Crippen molar-refractivity contribution < 1.29 is 14.0 Å². The summed E-state index contributed by atoms with van der Waals surface area (Å²) in [6, 6.07) is 13.0. The number of halogens is 2. The van der Waals surface area contributed by atoms with Crippen molar-refractivity contribution in [2.45, 2.75) is 11.8 Å². The Hall–Kier alpha value is -2.42. The lowest BCUT2D eigenvalue weighted by Crippen LogP contribution is -2.42. The number of benzene rings is 2. The second-order valence-electron chi connectivity index (χ2n) is 5.69. The SMILES string of the molecule is Cc1nc(-c2ccc(F)cc2)sc1C(=O)NNC(=O)CSc1ccc(Cl)cc1. The fraction of sp³-hybridized carbons (Fsp3) is 0.105. The van der Waals surface area contributed by atoms with Gasteiger partial charge in [-0.2, -0.15) is 0 Å². The maximum atomic E-state index is 13.1. The van der Waals surface area contributed by atoms with Gasteiger partial charge in [0.15, 0.2) is 0 Å². The molecule has 3 aromatic rings. The number of hydrogen-bond donors (Lipinski definition) is 2. The van der Waals surface area contributed by atoms with E-state index >= 15 is 0 Å². The molecule has 0 radical (unpaired) electrons. The van der Waals surface area contributed by atoms with E-state index in [1.54, 1.807) is 31.2 Å². The Morgan fingerprint density at radius 2 is 1.79 bits per heavy atom. The molecule has 0 aliphatic heterocycles. The number of aromatic nitrogens is 1. The molecular formula is C19H15ClFN3O2S2. The van der Waals surface area contributed by atoms with Gasteiger partial charge in [-0.3, -0.25) is 20.4 Å². The second kappa shape index (κ2) is 9.18. The average Bonchev–Trinajstić information content (AvgIpc) is 3.08. The number of rotatable bonds is 5. The molecule has 0 atom stereocenters. The number of carbonyl (C=O) groups is 2. The number of nitrogens with one attached hydrogen (secondary N) is 2.